The van der Waals surface area contributed by atoms with Crippen LogP contribution in [0.15, 0.2) is 28.9 Å². The molecule has 1 aromatic rings. The Balaban J connectivity index is 2.29. The molecule has 28 heavy (non-hydrogen) atoms. The molecular weight excluding hydrogens is 350 g/mol. The molecule has 3 rings (SSSR count). The molecule has 150 valence electrons. The number of Topliss-reactive ketones (excluding diaryl/α,β-unsaturated/α-hetero) is 1. The Labute approximate surface area is 168 Å². The fourth-order valence-electron chi connectivity index (χ4n) is 4.68. The summed E-state index contributed by atoms with van der Waals surface area (Å²) < 4.78 is 0. The van der Waals surface area contributed by atoms with Crippen LogP contribution in [0.4, 0.5) is 0 Å². The third kappa shape index (κ3) is 2.76. The molecule has 0 spiro atoms. The van der Waals surface area contributed by atoms with Gasteiger partial charge in [-0.05, 0) is 43.4 Å². The molecule has 1 aromatic carbocycles. The highest BCUT2D eigenvalue weighted by molar-refractivity contribution is 6.28. The second-order valence-corrected chi connectivity index (χ2v) is 10.3. The zero-order valence-corrected chi connectivity index (χ0v) is 18.5. The lowest BCUT2D eigenvalue weighted by Gasteiger charge is -2.44. The van der Waals surface area contributed by atoms with E-state index < -0.39 is 22.3 Å². The molecule has 4 heteroatoms. The molecule has 0 saturated heterocycles. The molecule has 0 fully saturated rings. The van der Waals surface area contributed by atoms with E-state index in [1.54, 1.807) is 0 Å². The molecule has 0 saturated carbocycles. The number of allylic oxidation sites excluding steroid dienone is 1. The van der Waals surface area contributed by atoms with Crippen molar-refractivity contribution in [2.24, 2.45) is 21.9 Å². The molecule has 0 N–H and O–H groups in total. The van der Waals surface area contributed by atoms with Gasteiger partial charge in [0.05, 0.1) is 0 Å². The van der Waals surface area contributed by atoms with Gasteiger partial charge in [-0.25, -0.2) is 0 Å². The highest BCUT2D eigenvalue weighted by Gasteiger charge is 2.66. The van der Waals surface area contributed by atoms with Gasteiger partial charge in [-0.2, -0.15) is 0 Å². The van der Waals surface area contributed by atoms with E-state index in [2.05, 4.69) is 17.3 Å². The number of carbonyl (C=O) groups is 2. The Morgan fingerprint density at radius 1 is 0.964 bits per heavy atom. The number of carbonyl (C=O) groups excluding carboxylic acids is 2. The predicted octanol–water partition coefficient (Wildman–Crippen LogP) is 4.87. The van der Waals surface area contributed by atoms with Crippen LogP contribution in [0.25, 0.3) is 0 Å². The first-order valence-electron chi connectivity index (χ1n) is 9.87. The van der Waals surface area contributed by atoms with Crippen LogP contribution in [0, 0.1) is 37.5 Å². The number of hydrogen-bond donors (Lipinski definition) is 0. The normalized spacial score (nSPS) is 25.2. The van der Waals surface area contributed by atoms with Gasteiger partial charge in [-0.3, -0.25) is 9.59 Å². The first-order valence-corrected chi connectivity index (χ1v) is 9.87. The number of nitrogens with zero attached hydrogens (tertiary/aromatic N) is 1. The SMILES string of the molecule is Cc1cc(C)c(C2=NOC3(C(C)(C)C)C(=O)C=C(C(C)(C)C)C(=O)C23)c(C)c1. The van der Waals surface area contributed by atoms with Crippen molar-refractivity contribution in [1.29, 1.82) is 0 Å². The minimum Gasteiger partial charge on any atom is -0.379 e. The van der Waals surface area contributed by atoms with Gasteiger partial charge < -0.3 is 4.84 Å². The number of oxime groups is 1. The van der Waals surface area contributed by atoms with Gasteiger partial charge in [0.15, 0.2) is 5.78 Å². The lowest BCUT2D eigenvalue weighted by molar-refractivity contribution is -0.165. The number of aryl methyl sites for hydroxylation is 3. The predicted molar refractivity (Wildman–Crippen MR) is 112 cm³/mol. The van der Waals surface area contributed by atoms with Gasteiger partial charge in [0, 0.05) is 16.6 Å². The van der Waals surface area contributed by atoms with Gasteiger partial charge in [0.25, 0.3) is 0 Å². The Kier molecular flexibility index (Phi) is 4.49. The summed E-state index contributed by atoms with van der Waals surface area (Å²) in [5.74, 6) is -0.965. The third-order valence-corrected chi connectivity index (χ3v) is 5.99. The van der Waals surface area contributed by atoms with Gasteiger partial charge in [-0.15, -0.1) is 0 Å². The van der Waals surface area contributed by atoms with Crippen molar-refractivity contribution < 1.29 is 14.4 Å². The number of rotatable bonds is 1. The topological polar surface area (TPSA) is 55.7 Å². The van der Waals surface area contributed by atoms with Crippen molar-refractivity contribution in [3.63, 3.8) is 0 Å². The number of fused-ring (bicyclic) bond motifs is 1. The lowest BCUT2D eigenvalue weighted by Crippen LogP contribution is -2.61. The van der Waals surface area contributed by atoms with Crippen LogP contribution in [0.2, 0.25) is 0 Å². The van der Waals surface area contributed by atoms with Gasteiger partial charge in [0.1, 0.15) is 11.6 Å². The molecule has 4 nitrogen and oxygen atoms in total. The molecule has 2 atom stereocenters. The first-order chi connectivity index (χ1) is 12.7. The summed E-state index contributed by atoms with van der Waals surface area (Å²) in [6.45, 7) is 17.8. The summed E-state index contributed by atoms with van der Waals surface area (Å²) in [6.07, 6.45) is 1.50. The lowest BCUT2D eigenvalue weighted by atomic mass is 9.58. The third-order valence-electron chi connectivity index (χ3n) is 5.99. The van der Waals surface area contributed by atoms with Crippen molar-refractivity contribution in [3.8, 4) is 0 Å². The molecule has 0 bridgehead atoms. The van der Waals surface area contributed by atoms with Crippen molar-refractivity contribution in [2.75, 3.05) is 0 Å². The fourth-order valence-corrected chi connectivity index (χ4v) is 4.68. The molecule has 1 aliphatic heterocycles. The summed E-state index contributed by atoms with van der Waals surface area (Å²) in [5, 5.41) is 4.40. The van der Waals surface area contributed by atoms with Crippen LogP contribution >= 0.6 is 0 Å². The zero-order chi connectivity index (χ0) is 21.2. The van der Waals surface area contributed by atoms with Gasteiger partial charge >= 0.3 is 0 Å². The molecule has 0 radical (unpaired) electrons. The van der Waals surface area contributed by atoms with E-state index in [-0.39, 0.29) is 11.6 Å². The summed E-state index contributed by atoms with van der Waals surface area (Å²) in [6, 6.07) is 4.16. The Morgan fingerprint density at radius 3 is 1.96 bits per heavy atom. The second-order valence-electron chi connectivity index (χ2n) is 10.3. The summed E-state index contributed by atoms with van der Waals surface area (Å²) >= 11 is 0. The van der Waals surface area contributed by atoms with E-state index >= 15 is 0 Å². The Morgan fingerprint density at radius 2 is 1.50 bits per heavy atom. The Hall–Kier alpha value is -2.23. The van der Waals surface area contributed by atoms with Crippen LogP contribution < -0.4 is 0 Å². The smallest absolute Gasteiger partial charge is 0.219 e. The fraction of sp³-hybridized carbons (Fsp3) is 0.542. The first kappa shape index (κ1) is 20.5. The maximum atomic E-state index is 13.7. The van der Waals surface area contributed by atoms with E-state index in [1.165, 1.54) is 6.08 Å². The van der Waals surface area contributed by atoms with Crippen molar-refractivity contribution in [3.05, 3.63) is 46.0 Å². The van der Waals surface area contributed by atoms with Crippen LogP contribution in [-0.2, 0) is 14.4 Å². The minimum absolute atomic E-state index is 0.0577. The molecule has 2 aliphatic rings. The van der Waals surface area contributed by atoms with Crippen LogP contribution in [0.1, 0.15) is 63.8 Å². The average molecular weight is 382 g/mol. The van der Waals surface area contributed by atoms with Crippen molar-refractivity contribution in [2.45, 2.75) is 67.9 Å². The summed E-state index contributed by atoms with van der Waals surface area (Å²) in [7, 11) is 0. The van der Waals surface area contributed by atoms with E-state index in [0.29, 0.717) is 11.3 Å². The monoisotopic (exact) mass is 381 g/mol. The van der Waals surface area contributed by atoms with E-state index in [4.69, 9.17) is 4.84 Å². The van der Waals surface area contributed by atoms with Crippen molar-refractivity contribution in [1.82, 2.24) is 0 Å². The molecule has 2 unspecified atom stereocenters. The largest absolute Gasteiger partial charge is 0.379 e. The molecule has 0 amide bonds. The number of ketones is 2. The molecule has 1 aliphatic carbocycles. The maximum Gasteiger partial charge on any atom is 0.219 e. The number of hydrogen-bond acceptors (Lipinski definition) is 4. The average Bonchev–Trinajstić information content (AvgIpc) is 2.90. The van der Waals surface area contributed by atoms with E-state index in [0.717, 1.165) is 22.3 Å². The highest BCUT2D eigenvalue weighted by Crippen LogP contribution is 2.51. The van der Waals surface area contributed by atoms with Gasteiger partial charge in [-0.1, -0.05) is 64.4 Å². The van der Waals surface area contributed by atoms with Gasteiger partial charge in [0.2, 0.25) is 11.4 Å². The number of benzene rings is 1. The van der Waals surface area contributed by atoms with Crippen LogP contribution in [-0.4, -0.2) is 22.9 Å². The Bertz CT molecular complexity index is 915. The summed E-state index contributed by atoms with van der Waals surface area (Å²) in [5.41, 5.74) is 2.94. The van der Waals surface area contributed by atoms with Crippen molar-refractivity contribution >= 4 is 17.3 Å². The van der Waals surface area contributed by atoms with Crippen LogP contribution in [0.3, 0.4) is 0 Å². The maximum absolute atomic E-state index is 13.7. The standard InChI is InChI=1S/C24H31NO3/c1-13-10-14(2)18(15(3)11-13)20-19-21(27)16(22(4,5)6)12-17(26)24(19,28-25-20)23(7,8)9/h10-12,19H,1-9H3. The highest BCUT2D eigenvalue weighted by atomic mass is 16.7. The van der Waals surface area contributed by atoms with E-state index in [1.807, 2.05) is 62.3 Å². The molecule has 1 heterocycles. The zero-order valence-electron chi connectivity index (χ0n) is 18.5. The quantitative estimate of drug-likeness (QED) is 0.697. The van der Waals surface area contributed by atoms with Crippen LogP contribution in [0.5, 0.6) is 0 Å². The molecular formula is C24H31NO3. The van der Waals surface area contributed by atoms with E-state index in [9.17, 15) is 9.59 Å². The second kappa shape index (κ2) is 6.13. The molecule has 0 aromatic heterocycles. The minimum atomic E-state index is -1.31. The summed E-state index contributed by atoms with van der Waals surface area (Å²) in [4.78, 5) is 33.1.